The Balaban J connectivity index is 1.33. The third-order valence-corrected chi connectivity index (χ3v) is 5.95. The number of ether oxygens (including phenoxy) is 3. The van der Waals surface area contributed by atoms with Gasteiger partial charge in [0.05, 0.1) is 38.8 Å². The Hall–Kier alpha value is -3.70. The van der Waals surface area contributed by atoms with Crippen LogP contribution in [0.2, 0.25) is 0 Å². The first-order valence-electron chi connectivity index (χ1n) is 11.5. The van der Waals surface area contributed by atoms with Gasteiger partial charge in [-0.05, 0) is 24.3 Å². The Bertz CT molecular complexity index is 1110. The fraction of sp³-hybridized carbons (Fsp3) is 0.360. The van der Waals surface area contributed by atoms with Crippen molar-refractivity contribution >= 4 is 17.3 Å². The minimum Gasteiger partial charge on any atom is -0.494 e. The molecule has 1 aliphatic heterocycles. The molecule has 2 aromatic carbocycles. The van der Waals surface area contributed by atoms with Crippen molar-refractivity contribution in [2.75, 3.05) is 63.8 Å². The van der Waals surface area contributed by atoms with E-state index < -0.39 is 18.2 Å². The summed E-state index contributed by atoms with van der Waals surface area (Å²) in [5.74, 6) is -1.39. The lowest BCUT2D eigenvalue weighted by Gasteiger charge is -2.35. The number of rotatable bonds is 10. The number of nitrogens with one attached hydrogen (secondary N) is 1. The van der Waals surface area contributed by atoms with Crippen molar-refractivity contribution in [2.24, 2.45) is 0 Å². The van der Waals surface area contributed by atoms with Gasteiger partial charge in [-0.25, -0.2) is 18.7 Å². The van der Waals surface area contributed by atoms with Gasteiger partial charge < -0.3 is 29.5 Å². The zero-order valence-corrected chi connectivity index (χ0v) is 20.2. The largest absolute Gasteiger partial charge is 0.494 e. The SMILES string of the molecule is COc1cc(OC)c(F)c(COc2cnc(Nc3ccc(N4CCN(CCO)CC4)cc3)nc2)c1F. The summed E-state index contributed by atoms with van der Waals surface area (Å²) in [6.45, 7) is 4.17. The molecule has 11 heteroatoms. The number of hydrogen-bond acceptors (Lipinski definition) is 9. The van der Waals surface area contributed by atoms with E-state index in [4.69, 9.17) is 19.3 Å². The number of β-amino-alcohol motifs (C(OH)–C–C–N with tert-alkyl or cyclic N) is 1. The number of halogens is 2. The topological polar surface area (TPSA) is 92.2 Å². The van der Waals surface area contributed by atoms with Gasteiger partial charge in [-0.3, -0.25) is 4.90 Å². The van der Waals surface area contributed by atoms with Crippen LogP contribution in [-0.4, -0.2) is 73.5 Å². The van der Waals surface area contributed by atoms with Crippen LogP contribution in [0.3, 0.4) is 0 Å². The molecule has 0 aliphatic carbocycles. The molecular formula is C25H29F2N5O4. The first-order valence-corrected chi connectivity index (χ1v) is 11.5. The predicted molar refractivity (Wildman–Crippen MR) is 131 cm³/mol. The molecule has 2 N–H and O–H groups in total. The van der Waals surface area contributed by atoms with Crippen molar-refractivity contribution in [3.8, 4) is 17.2 Å². The fourth-order valence-corrected chi connectivity index (χ4v) is 3.93. The third-order valence-electron chi connectivity index (χ3n) is 5.95. The Morgan fingerprint density at radius 1 is 0.944 bits per heavy atom. The Morgan fingerprint density at radius 3 is 2.11 bits per heavy atom. The van der Waals surface area contributed by atoms with Gasteiger partial charge in [0.2, 0.25) is 5.95 Å². The van der Waals surface area contributed by atoms with Crippen molar-refractivity contribution < 1.29 is 28.1 Å². The number of aliphatic hydroxyl groups excluding tert-OH is 1. The highest BCUT2D eigenvalue weighted by atomic mass is 19.1. The van der Waals surface area contributed by atoms with E-state index in [1.807, 2.05) is 24.3 Å². The molecule has 1 aliphatic rings. The maximum Gasteiger partial charge on any atom is 0.227 e. The second-order valence-corrected chi connectivity index (χ2v) is 8.14. The van der Waals surface area contributed by atoms with Crippen molar-refractivity contribution in [3.63, 3.8) is 0 Å². The van der Waals surface area contributed by atoms with Crippen LogP contribution < -0.4 is 24.4 Å². The van der Waals surface area contributed by atoms with Gasteiger partial charge in [-0.2, -0.15) is 0 Å². The van der Waals surface area contributed by atoms with Crippen molar-refractivity contribution in [1.82, 2.24) is 14.9 Å². The average Bonchev–Trinajstić information content (AvgIpc) is 2.91. The quantitative estimate of drug-likeness (QED) is 0.435. The summed E-state index contributed by atoms with van der Waals surface area (Å²) >= 11 is 0. The normalized spacial score (nSPS) is 14.0. The van der Waals surface area contributed by atoms with Gasteiger partial charge in [0.25, 0.3) is 0 Å². The van der Waals surface area contributed by atoms with Crippen LogP contribution in [0.25, 0.3) is 0 Å². The summed E-state index contributed by atoms with van der Waals surface area (Å²) in [7, 11) is 2.57. The lowest BCUT2D eigenvalue weighted by Crippen LogP contribution is -2.47. The van der Waals surface area contributed by atoms with Crippen LogP contribution in [0, 0.1) is 11.6 Å². The molecule has 1 aromatic heterocycles. The zero-order valence-electron chi connectivity index (χ0n) is 20.2. The van der Waals surface area contributed by atoms with Gasteiger partial charge in [0, 0.05) is 50.2 Å². The molecule has 0 unspecified atom stereocenters. The molecule has 4 rings (SSSR count). The van der Waals surface area contributed by atoms with E-state index in [9.17, 15) is 8.78 Å². The highest BCUT2D eigenvalue weighted by Gasteiger charge is 2.21. The molecule has 1 saturated heterocycles. The van der Waals surface area contributed by atoms with Gasteiger partial charge in [-0.1, -0.05) is 0 Å². The molecule has 192 valence electrons. The second kappa shape index (κ2) is 11.8. The van der Waals surface area contributed by atoms with Crippen LogP contribution in [0.1, 0.15) is 5.56 Å². The first-order chi connectivity index (χ1) is 17.5. The molecule has 3 aromatic rings. The molecule has 0 radical (unpaired) electrons. The molecule has 0 bridgehead atoms. The number of benzene rings is 2. The number of anilines is 3. The number of hydrogen-bond donors (Lipinski definition) is 2. The summed E-state index contributed by atoms with van der Waals surface area (Å²) < 4.78 is 44.4. The molecule has 36 heavy (non-hydrogen) atoms. The zero-order chi connectivity index (χ0) is 25.5. The molecule has 0 atom stereocenters. The Morgan fingerprint density at radius 2 is 1.56 bits per heavy atom. The summed E-state index contributed by atoms with van der Waals surface area (Å²) in [5.41, 5.74) is 1.63. The number of nitrogens with zero attached hydrogens (tertiary/aromatic N) is 4. The maximum atomic E-state index is 14.5. The highest BCUT2D eigenvalue weighted by molar-refractivity contribution is 5.59. The van der Waals surface area contributed by atoms with E-state index in [-0.39, 0.29) is 29.4 Å². The van der Waals surface area contributed by atoms with Gasteiger partial charge in [0.15, 0.2) is 28.9 Å². The lowest BCUT2D eigenvalue weighted by molar-refractivity contribution is 0.189. The van der Waals surface area contributed by atoms with E-state index in [1.54, 1.807) is 0 Å². The van der Waals surface area contributed by atoms with Crippen LogP contribution >= 0.6 is 0 Å². The van der Waals surface area contributed by atoms with E-state index in [1.165, 1.54) is 26.6 Å². The lowest BCUT2D eigenvalue weighted by atomic mass is 10.1. The molecule has 2 heterocycles. The summed E-state index contributed by atoms with van der Waals surface area (Å²) in [4.78, 5) is 13.0. The average molecular weight is 502 g/mol. The number of methoxy groups -OCH3 is 2. The maximum absolute atomic E-state index is 14.5. The Labute approximate surface area is 208 Å². The second-order valence-electron chi connectivity index (χ2n) is 8.14. The van der Waals surface area contributed by atoms with Crippen LogP contribution in [0.15, 0.2) is 42.7 Å². The van der Waals surface area contributed by atoms with Gasteiger partial charge in [0.1, 0.15) is 6.61 Å². The highest BCUT2D eigenvalue weighted by Crippen LogP contribution is 2.32. The number of piperazine rings is 1. The Kier molecular flexibility index (Phi) is 8.34. The standard InChI is InChI=1S/C25H29F2N5O4/c1-34-21-13-22(35-2)24(27)20(23(21)26)16-36-19-14-28-25(29-15-19)30-17-3-5-18(6-4-17)32-9-7-31(8-10-32)11-12-33/h3-6,13-15,33H,7-12,16H2,1-2H3,(H,28,29,30). The van der Waals surface area contributed by atoms with Gasteiger partial charge in [-0.15, -0.1) is 0 Å². The van der Waals surface area contributed by atoms with E-state index in [2.05, 4.69) is 25.1 Å². The van der Waals surface area contributed by atoms with Crippen LogP contribution in [-0.2, 0) is 6.61 Å². The summed E-state index contributed by atoms with van der Waals surface area (Å²) in [5, 5.41) is 12.2. The molecular weight excluding hydrogens is 472 g/mol. The predicted octanol–water partition coefficient (Wildman–Crippen LogP) is 3.21. The van der Waals surface area contributed by atoms with Crippen LogP contribution in [0.4, 0.5) is 26.1 Å². The fourth-order valence-electron chi connectivity index (χ4n) is 3.93. The first kappa shape index (κ1) is 25.4. The monoisotopic (exact) mass is 501 g/mol. The van der Waals surface area contributed by atoms with Crippen molar-refractivity contribution in [1.29, 1.82) is 0 Å². The third kappa shape index (κ3) is 5.92. The van der Waals surface area contributed by atoms with E-state index in [0.29, 0.717) is 12.5 Å². The van der Waals surface area contributed by atoms with Crippen molar-refractivity contribution in [3.05, 3.63) is 59.9 Å². The summed E-state index contributed by atoms with van der Waals surface area (Å²) in [6.07, 6.45) is 2.84. The van der Waals surface area contributed by atoms with Crippen LogP contribution in [0.5, 0.6) is 17.2 Å². The molecule has 0 saturated carbocycles. The molecule has 1 fully saturated rings. The minimum atomic E-state index is -0.856. The summed E-state index contributed by atoms with van der Waals surface area (Å²) in [6, 6.07) is 9.11. The van der Waals surface area contributed by atoms with Gasteiger partial charge >= 0.3 is 0 Å². The van der Waals surface area contributed by atoms with E-state index >= 15 is 0 Å². The molecule has 0 amide bonds. The molecule has 9 nitrogen and oxygen atoms in total. The van der Waals surface area contributed by atoms with Crippen molar-refractivity contribution in [2.45, 2.75) is 6.61 Å². The molecule has 0 spiro atoms. The number of aromatic nitrogens is 2. The smallest absolute Gasteiger partial charge is 0.227 e. The minimum absolute atomic E-state index is 0.141. The number of aliphatic hydroxyl groups is 1. The van der Waals surface area contributed by atoms with E-state index in [0.717, 1.165) is 43.6 Å².